The second-order valence-electron chi connectivity index (χ2n) is 3.32. The molecule has 1 aliphatic carbocycles. The Hall–Kier alpha value is -1.29. The number of nitrogens with zero attached hydrogens (tertiary/aromatic N) is 1. The third-order valence-corrected chi connectivity index (χ3v) is 2.13. The molecule has 2 N–H and O–H groups in total. The molecular weight excluding hydrogens is 180 g/mol. The van der Waals surface area contributed by atoms with Crippen LogP contribution in [-0.2, 0) is 6.54 Å². The molecule has 1 fully saturated rings. The Labute approximate surface area is 83.0 Å². The highest BCUT2D eigenvalue weighted by Gasteiger charge is 2.24. The minimum Gasteiger partial charge on any atom is -0.488 e. The zero-order chi connectivity index (χ0) is 9.97. The first-order chi connectivity index (χ1) is 6.83. The Balaban J connectivity index is 2.19. The van der Waals surface area contributed by atoms with Crippen LogP contribution in [0.3, 0.4) is 0 Å². The van der Waals surface area contributed by atoms with Gasteiger partial charge in [-0.15, -0.1) is 0 Å². The van der Waals surface area contributed by atoms with E-state index in [-0.39, 0.29) is 0 Å². The standard InChI is InChI=1S/C10H14N2O2/c1-13-10-5-4-9(8(6-11)12-10)14-7-2-3-7/h4-5,7H,2-3,6,11H2,1H3. The fraction of sp³-hybridized carbons (Fsp3) is 0.500. The lowest BCUT2D eigenvalue weighted by molar-refractivity contribution is 0.296. The second kappa shape index (κ2) is 3.84. The van der Waals surface area contributed by atoms with E-state index in [9.17, 15) is 0 Å². The number of hydrogen-bond acceptors (Lipinski definition) is 4. The van der Waals surface area contributed by atoms with Gasteiger partial charge in [0.15, 0.2) is 0 Å². The highest BCUT2D eigenvalue weighted by atomic mass is 16.5. The van der Waals surface area contributed by atoms with Crippen molar-refractivity contribution in [1.82, 2.24) is 4.98 Å². The van der Waals surface area contributed by atoms with Crippen molar-refractivity contribution in [2.75, 3.05) is 7.11 Å². The van der Waals surface area contributed by atoms with Gasteiger partial charge in [-0.1, -0.05) is 0 Å². The van der Waals surface area contributed by atoms with Gasteiger partial charge in [-0.05, 0) is 18.9 Å². The van der Waals surface area contributed by atoms with Gasteiger partial charge < -0.3 is 15.2 Å². The van der Waals surface area contributed by atoms with Gasteiger partial charge in [-0.25, -0.2) is 4.98 Å². The molecule has 0 saturated heterocycles. The van der Waals surface area contributed by atoms with Gasteiger partial charge in [0, 0.05) is 12.6 Å². The number of methoxy groups -OCH3 is 1. The van der Waals surface area contributed by atoms with E-state index in [0.717, 1.165) is 24.3 Å². The molecule has 0 unspecified atom stereocenters. The number of pyridine rings is 1. The van der Waals surface area contributed by atoms with E-state index < -0.39 is 0 Å². The van der Waals surface area contributed by atoms with Crippen LogP contribution in [0.25, 0.3) is 0 Å². The molecule has 1 aliphatic rings. The smallest absolute Gasteiger partial charge is 0.213 e. The molecule has 76 valence electrons. The monoisotopic (exact) mass is 194 g/mol. The van der Waals surface area contributed by atoms with Gasteiger partial charge in [0.1, 0.15) is 5.75 Å². The molecule has 1 heterocycles. The highest BCUT2D eigenvalue weighted by molar-refractivity contribution is 5.32. The van der Waals surface area contributed by atoms with Crippen LogP contribution < -0.4 is 15.2 Å². The number of hydrogen-bond donors (Lipinski definition) is 1. The summed E-state index contributed by atoms with van der Waals surface area (Å²) < 4.78 is 10.7. The van der Waals surface area contributed by atoms with E-state index >= 15 is 0 Å². The Morgan fingerprint density at radius 3 is 2.86 bits per heavy atom. The van der Waals surface area contributed by atoms with Crippen LogP contribution in [0.5, 0.6) is 11.6 Å². The average Bonchev–Trinajstić information content (AvgIpc) is 3.02. The van der Waals surface area contributed by atoms with Gasteiger partial charge in [-0.3, -0.25) is 0 Å². The molecule has 0 atom stereocenters. The molecule has 2 rings (SSSR count). The first-order valence-corrected chi connectivity index (χ1v) is 4.74. The predicted molar refractivity (Wildman–Crippen MR) is 52.3 cm³/mol. The zero-order valence-electron chi connectivity index (χ0n) is 8.19. The van der Waals surface area contributed by atoms with Gasteiger partial charge >= 0.3 is 0 Å². The van der Waals surface area contributed by atoms with E-state index in [1.807, 2.05) is 6.07 Å². The molecule has 1 saturated carbocycles. The van der Waals surface area contributed by atoms with Crippen molar-refractivity contribution < 1.29 is 9.47 Å². The van der Waals surface area contributed by atoms with Crippen molar-refractivity contribution in [3.63, 3.8) is 0 Å². The summed E-state index contributed by atoms with van der Waals surface area (Å²) in [5.74, 6) is 1.37. The first-order valence-electron chi connectivity index (χ1n) is 4.74. The maximum atomic E-state index is 5.65. The lowest BCUT2D eigenvalue weighted by Gasteiger charge is -2.09. The summed E-state index contributed by atoms with van der Waals surface area (Å²) in [5.41, 5.74) is 6.33. The van der Waals surface area contributed by atoms with Crippen LogP contribution in [0.15, 0.2) is 12.1 Å². The van der Waals surface area contributed by atoms with Crippen LogP contribution in [0.2, 0.25) is 0 Å². The van der Waals surface area contributed by atoms with Crippen molar-refractivity contribution in [3.8, 4) is 11.6 Å². The minimum absolute atomic E-state index is 0.371. The van der Waals surface area contributed by atoms with Gasteiger partial charge in [-0.2, -0.15) is 0 Å². The van der Waals surface area contributed by atoms with Crippen LogP contribution in [0.1, 0.15) is 18.5 Å². The van der Waals surface area contributed by atoms with Gasteiger partial charge in [0.05, 0.1) is 18.9 Å². The maximum Gasteiger partial charge on any atom is 0.213 e. The largest absolute Gasteiger partial charge is 0.488 e. The molecule has 1 aromatic rings. The van der Waals surface area contributed by atoms with Crippen LogP contribution in [0, 0.1) is 0 Å². The number of rotatable bonds is 4. The van der Waals surface area contributed by atoms with Crippen LogP contribution >= 0.6 is 0 Å². The SMILES string of the molecule is COc1ccc(OC2CC2)c(CN)n1. The maximum absolute atomic E-state index is 5.65. The topological polar surface area (TPSA) is 57.4 Å². The Kier molecular flexibility index (Phi) is 2.54. The van der Waals surface area contributed by atoms with Crippen molar-refractivity contribution in [3.05, 3.63) is 17.8 Å². The van der Waals surface area contributed by atoms with Crippen LogP contribution in [-0.4, -0.2) is 18.2 Å². The molecule has 4 heteroatoms. The van der Waals surface area contributed by atoms with E-state index in [2.05, 4.69) is 4.98 Å². The average molecular weight is 194 g/mol. The second-order valence-corrected chi connectivity index (χ2v) is 3.32. The molecule has 0 radical (unpaired) electrons. The zero-order valence-corrected chi connectivity index (χ0v) is 8.19. The van der Waals surface area contributed by atoms with Crippen LogP contribution in [0.4, 0.5) is 0 Å². The van der Waals surface area contributed by atoms with Crippen molar-refractivity contribution in [1.29, 1.82) is 0 Å². The molecule has 0 amide bonds. The molecule has 1 aromatic heterocycles. The fourth-order valence-electron chi connectivity index (χ4n) is 1.20. The summed E-state index contributed by atoms with van der Waals surface area (Å²) in [7, 11) is 1.59. The molecule has 0 spiro atoms. The van der Waals surface area contributed by atoms with Crippen molar-refractivity contribution >= 4 is 0 Å². The third kappa shape index (κ3) is 1.96. The van der Waals surface area contributed by atoms with E-state index in [0.29, 0.717) is 18.5 Å². The van der Waals surface area contributed by atoms with E-state index in [1.165, 1.54) is 0 Å². The van der Waals surface area contributed by atoms with Gasteiger partial charge in [0.2, 0.25) is 5.88 Å². The normalized spacial score (nSPS) is 15.3. The summed E-state index contributed by atoms with van der Waals surface area (Å²) in [6, 6.07) is 3.66. The Morgan fingerprint density at radius 1 is 1.50 bits per heavy atom. The lowest BCUT2D eigenvalue weighted by Crippen LogP contribution is -2.06. The fourth-order valence-corrected chi connectivity index (χ4v) is 1.20. The molecular formula is C10H14N2O2. The number of nitrogens with two attached hydrogens (primary N) is 1. The first kappa shape index (κ1) is 9.27. The molecule has 0 bridgehead atoms. The molecule has 0 aliphatic heterocycles. The minimum atomic E-state index is 0.371. The predicted octanol–water partition coefficient (Wildman–Crippen LogP) is 1.09. The summed E-state index contributed by atoms with van der Waals surface area (Å²) >= 11 is 0. The molecule has 4 nitrogen and oxygen atoms in total. The summed E-state index contributed by atoms with van der Waals surface area (Å²) in [6.07, 6.45) is 2.64. The third-order valence-electron chi connectivity index (χ3n) is 2.13. The lowest BCUT2D eigenvalue weighted by atomic mass is 10.3. The summed E-state index contributed by atoms with van der Waals surface area (Å²) in [6.45, 7) is 0.374. The number of ether oxygens (including phenoxy) is 2. The quantitative estimate of drug-likeness (QED) is 0.779. The van der Waals surface area contributed by atoms with Crippen molar-refractivity contribution in [2.45, 2.75) is 25.5 Å². The van der Waals surface area contributed by atoms with E-state index in [1.54, 1.807) is 13.2 Å². The Morgan fingerprint density at radius 2 is 2.29 bits per heavy atom. The van der Waals surface area contributed by atoms with E-state index in [4.69, 9.17) is 15.2 Å². The molecule has 14 heavy (non-hydrogen) atoms. The highest BCUT2D eigenvalue weighted by Crippen LogP contribution is 2.29. The van der Waals surface area contributed by atoms with Crippen molar-refractivity contribution in [2.24, 2.45) is 5.73 Å². The Bertz CT molecular complexity index is 324. The molecule has 0 aromatic carbocycles. The van der Waals surface area contributed by atoms with Gasteiger partial charge in [0.25, 0.3) is 0 Å². The summed E-state index contributed by atoms with van der Waals surface area (Å²) in [5, 5.41) is 0. The number of aromatic nitrogens is 1. The summed E-state index contributed by atoms with van der Waals surface area (Å²) in [4.78, 5) is 4.22.